The number of nitrogens with zero attached hydrogens (tertiary/aromatic N) is 2. The summed E-state index contributed by atoms with van der Waals surface area (Å²) < 4.78 is 1.97. The Hall–Kier alpha value is -0.840. The Bertz CT molecular complexity index is 316. The fourth-order valence-electron chi connectivity index (χ4n) is 2.16. The van der Waals surface area contributed by atoms with Crippen LogP contribution in [0.4, 0.5) is 0 Å². The number of aryl methyl sites for hydroxylation is 1. The maximum atomic E-state index is 10.1. The van der Waals surface area contributed by atoms with Crippen molar-refractivity contribution in [1.29, 1.82) is 0 Å². The van der Waals surface area contributed by atoms with Crippen LogP contribution in [-0.4, -0.2) is 47.3 Å². The van der Waals surface area contributed by atoms with Crippen molar-refractivity contribution < 1.29 is 5.11 Å². The summed E-state index contributed by atoms with van der Waals surface area (Å²) in [6.45, 7) is 4.98. The number of nitrogens with one attached hydrogen (secondary N) is 1. The lowest BCUT2D eigenvalue weighted by atomic mass is 10.2. The van der Waals surface area contributed by atoms with Gasteiger partial charge in [0.05, 0.1) is 6.10 Å². The summed E-state index contributed by atoms with van der Waals surface area (Å²) in [7, 11) is 1.98. The maximum Gasteiger partial charge on any atom is 0.0931 e. The maximum absolute atomic E-state index is 10.1. The minimum Gasteiger partial charge on any atom is -0.387 e. The normalized spacial score (nSPS) is 20.6. The minimum absolute atomic E-state index is 0.362. The summed E-state index contributed by atoms with van der Waals surface area (Å²) >= 11 is 0. The van der Waals surface area contributed by atoms with E-state index >= 15 is 0 Å². The molecule has 1 fully saturated rings. The molecule has 4 nitrogen and oxygen atoms in total. The molecule has 0 saturated carbocycles. The van der Waals surface area contributed by atoms with Gasteiger partial charge in [-0.25, -0.2) is 0 Å². The lowest BCUT2D eigenvalue weighted by Gasteiger charge is -2.22. The molecule has 2 heterocycles. The van der Waals surface area contributed by atoms with Gasteiger partial charge in [0.25, 0.3) is 0 Å². The van der Waals surface area contributed by atoms with Gasteiger partial charge in [-0.2, -0.15) is 0 Å². The molecule has 1 aliphatic rings. The van der Waals surface area contributed by atoms with Gasteiger partial charge in [0.1, 0.15) is 0 Å². The largest absolute Gasteiger partial charge is 0.387 e. The van der Waals surface area contributed by atoms with Crippen molar-refractivity contribution in [3.63, 3.8) is 0 Å². The lowest BCUT2D eigenvalue weighted by Crippen LogP contribution is -2.32. The van der Waals surface area contributed by atoms with E-state index in [2.05, 4.69) is 10.2 Å². The minimum atomic E-state index is -0.362. The number of aliphatic hydroxyl groups excluding tert-OH is 1. The summed E-state index contributed by atoms with van der Waals surface area (Å²) in [4.78, 5) is 2.33. The SMILES string of the molecule is Cn1ccc(C(O)CN2CCCNCC2)c1. The van der Waals surface area contributed by atoms with E-state index < -0.39 is 0 Å². The van der Waals surface area contributed by atoms with Crippen LogP contribution in [-0.2, 0) is 7.05 Å². The van der Waals surface area contributed by atoms with Crippen LogP contribution in [0.1, 0.15) is 18.1 Å². The van der Waals surface area contributed by atoms with Gasteiger partial charge in [-0.1, -0.05) is 0 Å². The van der Waals surface area contributed by atoms with Gasteiger partial charge in [0, 0.05) is 39.1 Å². The Morgan fingerprint density at radius 2 is 2.31 bits per heavy atom. The Morgan fingerprint density at radius 1 is 1.44 bits per heavy atom. The fourth-order valence-corrected chi connectivity index (χ4v) is 2.16. The summed E-state index contributed by atoms with van der Waals surface area (Å²) in [5, 5.41) is 13.5. The molecule has 1 unspecified atom stereocenters. The molecule has 0 aliphatic carbocycles. The van der Waals surface area contributed by atoms with Crippen molar-refractivity contribution in [2.24, 2.45) is 7.05 Å². The van der Waals surface area contributed by atoms with Crippen molar-refractivity contribution in [3.05, 3.63) is 24.0 Å². The molecule has 1 aromatic rings. The van der Waals surface area contributed by atoms with Crippen LogP contribution in [0.3, 0.4) is 0 Å². The van der Waals surface area contributed by atoms with E-state index in [0.29, 0.717) is 0 Å². The van der Waals surface area contributed by atoms with Gasteiger partial charge in [-0.15, -0.1) is 0 Å². The van der Waals surface area contributed by atoms with Crippen LogP contribution < -0.4 is 5.32 Å². The molecule has 16 heavy (non-hydrogen) atoms. The highest BCUT2D eigenvalue weighted by atomic mass is 16.3. The van der Waals surface area contributed by atoms with Crippen LogP contribution in [0.2, 0.25) is 0 Å². The topological polar surface area (TPSA) is 40.4 Å². The number of hydrogen-bond acceptors (Lipinski definition) is 3. The van der Waals surface area contributed by atoms with Gasteiger partial charge in [-0.3, -0.25) is 4.90 Å². The van der Waals surface area contributed by atoms with E-state index in [1.165, 1.54) is 6.42 Å². The Morgan fingerprint density at radius 3 is 3.06 bits per heavy atom. The average Bonchev–Trinajstić information content (AvgIpc) is 2.54. The highest BCUT2D eigenvalue weighted by Crippen LogP contribution is 2.14. The van der Waals surface area contributed by atoms with Crippen LogP contribution in [0.25, 0.3) is 0 Å². The zero-order chi connectivity index (χ0) is 11.4. The highest BCUT2D eigenvalue weighted by molar-refractivity contribution is 5.13. The molecule has 0 spiro atoms. The van der Waals surface area contributed by atoms with E-state index in [1.807, 2.05) is 30.1 Å². The molecule has 0 aromatic carbocycles. The fraction of sp³-hybridized carbons (Fsp3) is 0.667. The monoisotopic (exact) mass is 223 g/mol. The molecule has 1 aliphatic heterocycles. The zero-order valence-electron chi connectivity index (χ0n) is 9.89. The summed E-state index contributed by atoms with van der Waals surface area (Å²) in [6, 6.07) is 1.99. The van der Waals surface area contributed by atoms with Gasteiger partial charge in [-0.05, 0) is 31.1 Å². The second-order valence-electron chi connectivity index (χ2n) is 4.53. The predicted octanol–water partition coefficient (Wildman–Crippen LogP) is 0.354. The molecular formula is C12H21N3O. The van der Waals surface area contributed by atoms with Crippen molar-refractivity contribution in [3.8, 4) is 0 Å². The second kappa shape index (κ2) is 5.48. The first-order valence-corrected chi connectivity index (χ1v) is 5.99. The number of β-amino-alcohol motifs (C(OH)–C–C–N with tert-alkyl or cyclic N) is 1. The van der Waals surface area contributed by atoms with E-state index in [4.69, 9.17) is 0 Å². The van der Waals surface area contributed by atoms with E-state index in [9.17, 15) is 5.11 Å². The van der Waals surface area contributed by atoms with Crippen LogP contribution in [0.5, 0.6) is 0 Å². The van der Waals surface area contributed by atoms with E-state index in [1.54, 1.807) is 0 Å². The van der Waals surface area contributed by atoms with Gasteiger partial charge < -0.3 is 15.0 Å². The first-order chi connectivity index (χ1) is 7.75. The van der Waals surface area contributed by atoms with Crippen LogP contribution >= 0.6 is 0 Å². The van der Waals surface area contributed by atoms with Crippen LogP contribution in [0, 0.1) is 0 Å². The molecule has 1 atom stereocenters. The highest BCUT2D eigenvalue weighted by Gasteiger charge is 2.15. The van der Waals surface area contributed by atoms with E-state index in [-0.39, 0.29) is 6.10 Å². The average molecular weight is 223 g/mol. The number of aromatic nitrogens is 1. The van der Waals surface area contributed by atoms with Crippen LogP contribution in [0.15, 0.2) is 18.5 Å². The molecule has 1 saturated heterocycles. The first kappa shape index (κ1) is 11.6. The smallest absolute Gasteiger partial charge is 0.0931 e. The quantitative estimate of drug-likeness (QED) is 0.777. The van der Waals surface area contributed by atoms with Crippen molar-refractivity contribution in [2.45, 2.75) is 12.5 Å². The third-order valence-corrected chi connectivity index (χ3v) is 3.10. The van der Waals surface area contributed by atoms with Gasteiger partial charge in [0.15, 0.2) is 0 Å². The van der Waals surface area contributed by atoms with E-state index in [0.717, 1.165) is 38.3 Å². The Balaban J connectivity index is 1.88. The second-order valence-corrected chi connectivity index (χ2v) is 4.53. The summed E-state index contributed by atoms with van der Waals surface area (Å²) in [5.41, 5.74) is 1.01. The Labute approximate surface area is 96.9 Å². The number of aliphatic hydroxyl groups is 1. The molecule has 2 N–H and O–H groups in total. The third kappa shape index (κ3) is 3.07. The lowest BCUT2D eigenvalue weighted by molar-refractivity contribution is 0.117. The molecular weight excluding hydrogens is 202 g/mol. The number of hydrogen-bond donors (Lipinski definition) is 2. The standard InChI is InChI=1S/C12H21N3O/c1-14-7-3-11(9-14)12(16)10-15-6-2-4-13-5-8-15/h3,7,9,12-13,16H,2,4-6,8,10H2,1H3. The first-order valence-electron chi connectivity index (χ1n) is 5.99. The third-order valence-electron chi connectivity index (χ3n) is 3.10. The molecule has 1 aromatic heterocycles. The van der Waals surface area contributed by atoms with Crippen molar-refractivity contribution in [1.82, 2.24) is 14.8 Å². The summed E-state index contributed by atoms with van der Waals surface area (Å²) in [6.07, 6.45) is 4.77. The predicted molar refractivity (Wildman–Crippen MR) is 64.3 cm³/mol. The zero-order valence-corrected chi connectivity index (χ0v) is 9.89. The van der Waals surface area contributed by atoms with Crippen molar-refractivity contribution in [2.75, 3.05) is 32.7 Å². The van der Waals surface area contributed by atoms with Gasteiger partial charge in [0.2, 0.25) is 0 Å². The molecule has 90 valence electrons. The molecule has 2 rings (SSSR count). The Kier molecular flexibility index (Phi) is 3.98. The molecule has 0 amide bonds. The van der Waals surface area contributed by atoms with Crippen molar-refractivity contribution >= 4 is 0 Å². The number of rotatable bonds is 3. The molecule has 0 bridgehead atoms. The summed E-state index contributed by atoms with van der Waals surface area (Å²) in [5.74, 6) is 0. The molecule has 4 heteroatoms. The molecule has 0 radical (unpaired) electrons. The van der Waals surface area contributed by atoms with Gasteiger partial charge >= 0.3 is 0 Å².